The molecule has 0 radical (unpaired) electrons. The van der Waals surface area contributed by atoms with Gasteiger partial charge in [0.2, 0.25) is 0 Å². The van der Waals surface area contributed by atoms with Gasteiger partial charge in [-0.25, -0.2) is 0 Å². The van der Waals surface area contributed by atoms with Crippen molar-refractivity contribution in [2.45, 2.75) is 70.8 Å². The molecule has 2 aliphatic rings. The third-order valence-electron chi connectivity index (χ3n) is 6.30. The molecule has 0 saturated heterocycles. The van der Waals surface area contributed by atoms with E-state index in [0.717, 1.165) is 25.5 Å². The Bertz CT molecular complexity index is 591. The molecule has 0 aromatic heterocycles. The van der Waals surface area contributed by atoms with E-state index < -0.39 is 11.5 Å². The molecule has 1 aromatic carbocycles. The van der Waals surface area contributed by atoms with E-state index >= 15 is 0 Å². The summed E-state index contributed by atoms with van der Waals surface area (Å²) < 4.78 is 0. The van der Waals surface area contributed by atoms with E-state index in [1.807, 2.05) is 6.92 Å². The van der Waals surface area contributed by atoms with Crippen LogP contribution in [0.1, 0.15) is 69.6 Å². The third kappa shape index (κ3) is 2.15. The number of rotatable bonds is 2. The van der Waals surface area contributed by atoms with E-state index in [4.69, 9.17) is 0 Å². The van der Waals surface area contributed by atoms with Crippen molar-refractivity contribution in [2.75, 3.05) is 0 Å². The van der Waals surface area contributed by atoms with Crippen molar-refractivity contribution < 1.29 is 9.90 Å². The van der Waals surface area contributed by atoms with Gasteiger partial charge in [-0.1, -0.05) is 52.3 Å². The van der Waals surface area contributed by atoms with E-state index in [2.05, 4.69) is 39.0 Å². The van der Waals surface area contributed by atoms with Gasteiger partial charge < -0.3 is 9.90 Å². The highest BCUT2D eigenvalue weighted by Gasteiger charge is 2.55. The maximum atomic E-state index is 11.8. The lowest BCUT2D eigenvalue weighted by molar-refractivity contribution is -0.130. The van der Waals surface area contributed by atoms with Gasteiger partial charge in [-0.05, 0) is 47.3 Å². The zero-order valence-corrected chi connectivity index (χ0v) is 14.2. The summed E-state index contributed by atoms with van der Waals surface area (Å²) in [5.41, 5.74) is 3.49. The molecule has 22 heavy (non-hydrogen) atoms. The maximum Gasteiger partial charge on any atom is 0.126 e. The molecule has 0 bridgehead atoms. The van der Waals surface area contributed by atoms with Crippen LogP contribution in [0.3, 0.4) is 0 Å². The lowest BCUT2D eigenvalue weighted by Gasteiger charge is -2.55. The van der Waals surface area contributed by atoms with Crippen LogP contribution in [0.15, 0.2) is 18.2 Å². The average Bonchev–Trinajstić information content (AvgIpc) is 2.46. The lowest BCUT2D eigenvalue weighted by Crippen LogP contribution is -2.56. The van der Waals surface area contributed by atoms with Crippen LogP contribution in [0.4, 0.5) is 0 Å². The summed E-state index contributed by atoms with van der Waals surface area (Å²) in [7, 11) is 0. The highest BCUT2D eigenvalue weighted by atomic mass is 16.3. The van der Waals surface area contributed by atoms with Crippen LogP contribution < -0.4 is 0 Å². The largest absolute Gasteiger partial charge is 0.392 e. The Hall–Kier alpha value is -1.15. The molecular formula is C20H28O2. The minimum absolute atomic E-state index is 0.0312. The molecule has 0 heterocycles. The number of benzene rings is 1. The van der Waals surface area contributed by atoms with Crippen LogP contribution in [-0.4, -0.2) is 17.5 Å². The number of carbonyl (C=O) groups is 1. The molecule has 4 atom stereocenters. The van der Waals surface area contributed by atoms with Crippen LogP contribution in [0.2, 0.25) is 0 Å². The number of carbonyl (C=O) groups excluding carboxylic acids is 1. The number of hydrogen-bond acceptors (Lipinski definition) is 2. The summed E-state index contributed by atoms with van der Waals surface area (Å²) in [6, 6.07) is 6.77. The van der Waals surface area contributed by atoms with Crippen molar-refractivity contribution in [1.29, 1.82) is 0 Å². The van der Waals surface area contributed by atoms with Crippen LogP contribution in [0.25, 0.3) is 0 Å². The molecule has 0 aliphatic heterocycles. The molecule has 0 spiro atoms. The van der Waals surface area contributed by atoms with E-state index in [9.17, 15) is 9.90 Å². The predicted molar refractivity (Wildman–Crippen MR) is 89.1 cm³/mol. The first-order valence-electron chi connectivity index (χ1n) is 8.59. The monoisotopic (exact) mass is 300 g/mol. The van der Waals surface area contributed by atoms with Gasteiger partial charge in [0, 0.05) is 11.3 Å². The van der Waals surface area contributed by atoms with Crippen LogP contribution in [0, 0.1) is 11.3 Å². The van der Waals surface area contributed by atoms with Crippen molar-refractivity contribution in [1.82, 2.24) is 0 Å². The SMILES string of the molecule is CC(C)c1ccc2c(c1)C[C@H](O)[C@H]1[C@](C)(C=O)CCC[C@]21C. The zero-order valence-electron chi connectivity index (χ0n) is 14.2. The number of fused-ring (bicyclic) bond motifs is 3. The first kappa shape index (κ1) is 15.7. The molecule has 0 unspecified atom stereocenters. The average molecular weight is 300 g/mol. The molecule has 1 fully saturated rings. The molecule has 1 N–H and O–H groups in total. The topological polar surface area (TPSA) is 37.3 Å². The number of hydrogen-bond donors (Lipinski definition) is 1. The second kappa shape index (κ2) is 5.19. The molecule has 120 valence electrons. The Morgan fingerprint density at radius 1 is 1.27 bits per heavy atom. The summed E-state index contributed by atoms with van der Waals surface area (Å²) in [5.74, 6) is 0.531. The van der Waals surface area contributed by atoms with Crippen molar-refractivity contribution >= 4 is 6.29 Å². The summed E-state index contributed by atoms with van der Waals surface area (Å²) in [5, 5.41) is 10.9. The quantitative estimate of drug-likeness (QED) is 0.839. The van der Waals surface area contributed by atoms with Gasteiger partial charge in [-0.3, -0.25) is 0 Å². The van der Waals surface area contributed by atoms with Gasteiger partial charge >= 0.3 is 0 Å². The fourth-order valence-electron chi connectivity index (χ4n) is 5.22. The first-order chi connectivity index (χ1) is 10.3. The molecule has 3 rings (SSSR count). The van der Waals surface area contributed by atoms with Crippen LogP contribution >= 0.6 is 0 Å². The van der Waals surface area contributed by atoms with E-state index in [1.165, 1.54) is 16.7 Å². The maximum absolute atomic E-state index is 11.8. The Balaban J connectivity index is 2.13. The smallest absolute Gasteiger partial charge is 0.126 e. The minimum Gasteiger partial charge on any atom is -0.392 e. The van der Waals surface area contributed by atoms with Gasteiger partial charge in [-0.15, -0.1) is 0 Å². The van der Waals surface area contributed by atoms with Gasteiger partial charge in [0.15, 0.2) is 0 Å². The Kier molecular flexibility index (Phi) is 3.71. The van der Waals surface area contributed by atoms with E-state index in [-0.39, 0.29) is 11.3 Å². The second-order valence-electron chi connectivity index (χ2n) is 8.22. The molecule has 2 aliphatic carbocycles. The molecular weight excluding hydrogens is 272 g/mol. The summed E-state index contributed by atoms with van der Waals surface area (Å²) in [4.78, 5) is 11.8. The van der Waals surface area contributed by atoms with Gasteiger partial charge in [0.25, 0.3) is 0 Å². The Labute approximate surface area is 133 Å². The molecule has 1 saturated carbocycles. The second-order valence-corrected chi connectivity index (χ2v) is 8.22. The fourth-order valence-corrected chi connectivity index (χ4v) is 5.22. The van der Waals surface area contributed by atoms with E-state index in [1.54, 1.807) is 0 Å². The molecule has 2 heteroatoms. The first-order valence-corrected chi connectivity index (χ1v) is 8.59. The summed E-state index contributed by atoms with van der Waals surface area (Å²) in [6.45, 7) is 8.71. The van der Waals surface area contributed by atoms with Gasteiger partial charge in [0.05, 0.1) is 6.10 Å². The highest BCUT2D eigenvalue weighted by molar-refractivity contribution is 5.61. The highest BCUT2D eigenvalue weighted by Crippen LogP contribution is 2.56. The normalized spacial score (nSPS) is 37.5. The Morgan fingerprint density at radius 2 is 2.00 bits per heavy atom. The molecule has 0 amide bonds. The molecule has 2 nitrogen and oxygen atoms in total. The van der Waals surface area contributed by atoms with E-state index in [0.29, 0.717) is 12.3 Å². The fraction of sp³-hybridized carbons (Fsp3) is 0.650. The zero-order chi connectivity index (χ0) is 16.1. The minimum atomic E-state index is -0.421. The summed E-state index contributed by atoms with van der Waals surface area (Å²) in [6.07, 6.45) is 4.38. The number of aliphatic hydroxyl groups excluding tert-OH is 1. The van der Waals surface area contributed by atoms with Crippen LogP contribution in [0.5, 0.6) is 0 Å². The van der Waals surface area contributed by atoms with Crippen molar-refractivity contribution in [3.8, 4) is 0 Å². The van der Waals surface area contributed by atoms with Gasteiger partial charge in [-0.2, -0.15) is 0 Å². The van der Waals surface area contributed by atoms with Crippen molar-refractivity contribution in [3.05, 3.63) is 34.9 Å². The van der Waals surface area contributed by atoms with Crippen LogP contribution in [-0.2, 0) is 16.6 Å². The standard InChI is InChI=1S/C20H28O2/c1-13(2)14-6-7-16-15(10-14)11-17(22)18-19(3,12-21)8-5-9-20(16,18)4/h6-7,10,12-13,17-18,22H,5,8-9,11H2,1-4H3/t17-,18-,19-,20+/m0/s1. The van der Waals surface area contributed by atoms with Gasteiger partial charge in [0.1, 0.15) is 6.29 Å². The predicted octanol–water partition coefficient (Wildman–Crippen LogP) is 3.99. The molecule has 1 aromatic rings. The number of aldehydes is 1. The lowest BCUT2D eigenvalue weighted by atomic mass is 9.49. The summed E-state index contributed by atoms with van der Waals surface area (Å²) >= 11 is 0. The Morgan fingerprint density at radius 3 is 2.64 bits per heavy atom. The number of aliphatic hydroxyl groups is 1. The van der Waals surface area contributed by atoms with Crippen molar-refractivity contribution in [2.24, 2.45) is 11.3 Å². The van der Waals surface area contributed by atoms with Crippen molar-refractivity contribution in [3.63, 3.8) is 0 Å². The third-order valence-corrected chi connectivity index (χ3v) is 6.30.